The fourth-order valence-electron chi connectivity index (χ4n) is 1.38. The summed E-state index contributed by atoms with van der Waals surface area (Å²) in [6.45, 7) is 0.136. The second-order valence-corrected chi connectivity index (χ2v) is 4.39. The van der Waals surface area contributed by atoms with Crippen molar-refractivity contribution in [3.8, 4) is 12.3 Å². The maximum atomic E-state index is 13.5. The molecule has 0 aliphatic heterocycles. The van der Waals surface area contributed by atoms with Crippen molar-refractivity contribution in [1.82, 2.24) is 4.90 Å². The summed E-state index contributed by atoms with van der Waals surface area (Å²) in [5.74, 6) is 0.984. The van der Waals surface area contributed by atoms with E-state index >= 15 is 0 Å². The highest BCUT2D eigenvalue weighted by molar-refractivity contribution is 9.10. The third kappa shape index (κ3) is 4.55. The van der Waals surface area contributed by atoms with Crippen molar-refractivity contribution in [1.29, 1.82) is 0 Å². The van der Waals surface area contributed by atoms with Crippen LogP contribution in [0.5, 0.6) is 0 Å². The Morgan fingerprint density at radius 3 is 2.82 bits per heavy atom. The number of carboxylic acid groups (broad SMARTS) is 1. The minimum atomic E-state index is -0.988. The molecule has 0 aliphatic rings. The zero-order valence-electron chi connectivity index (χ0n) is 8.99. The largest absolute Gasteiger partial charge is 0.480 e. The van der Waals surface area contributed by atoms with Gasteiger partial charge >= 0.3 is 5.97 Å². The second-order valence-electron chi connectivity index (χ2n) is 3.48. The average Bonchev–Trinajstić information content (AvgIpc) is 2.21. The number of rotatable bonds is 5. The molecule has 0 saturated carbocycles. The van der Waals surface area contributed by atoms with Crippen molar-refractivity contribution in [3.63, 3.8) is 0 Å². The molecule has 0 atom stereocenters. The molecule has 1 aromatic rings. The summed E-state index contributed by atoms with van der Waals surface area (Å²) in [6.07, 6.45) is 5.14. The Balaban J connectivity index is 2.78. The molecule has 0 amide bonds. The number of nitrogens with zero attached hydrogens (tertiary/aromatic N) is 1. The first-order chi connectivity index (χ1) is 8.02. The molecule has 1 aromatic carbocycles. The van der Waals surface area contributed by atoms with Gasteiger partial charge < -0.3 is 5.11 Å². The monoisotopic (exact) mass is 299 g/mol. The fraction of sp³-hybridized carbons (Fsp3) is 0.250. The minimum Gasteiger partial charge on any atom is -0.480 e. The molecule has 0 fully saturated rings. The summed E-state index contributed by atoms with van der Waals surface area (Å²) in [5, 5.41) is 8.69. The molecule has 17 heavy (non-hydrogen) atoms. The molecule has 3 nitrogen and oxygen atoms in total. The number of terminal acetylenes is 1. The van der Waals surface area contributed by atoms with Crippen LogP contribution in [0.25, 0.3) is 0 Å². The van der Waals surface area contributed by atoms with E-state index in [1.165, 1.54) is 11.0 Å². The highest BCUT2D eigenvalue weighted by Gasteiger charge is 2.11. The second kappa shape index (κ2) is 6.38. The molecular weight excluding hydrogens is 289 g/mol. The van der Waals surface area contributed by atoms with Crippen LogP contribution in [0.4, 0.5) is 4.39 Å². The highest BCUT2D eigenvalue weighted by Crippen LogP contribution is 2.16. The van der Waals surface area contributed by atoms with Gasteiger partial charge in [-0.1, -0.05) is 27.9 Å². The number of carbonyl (C=O) groups is 1. The summed E-state index contributed by atoms with van der Waals surface area (Å²) in [4.78, 5) is 12.1. The number of hydrogen-bond acceptors (Lipinski definition) is 2. The summed E-state index contributed by atoms with van der Waals surface area (Å²) >= 11 is 3.15. The summed E-state index contributed by atoms with van der Waals surface area (Å²) in [7, 11) is 0. The smallest absolute Gasteiger partial charge is 0.317 e. The van der Waals surface area contributed by atoms with Gasteiger partial charge in [-0.15, -0.1) is 6.42 Å². The first-order valence-corrected chi connectivity index (χ1v) is 5.63. The van der Waals surface area contributed by atoms with Crippen LogP contribution in [-0.2, 0) is 11.3 Å². The number of halogens is 2. The molecule has 1 N–H and O–H groups in total. The Kier molecular flexibility index (Phi) is 5.13. The Morgan fingerprint density at radius 1 is 1.59 bits per heavy atom. The fourth-order valence-corrected chi connectivity index (χ4v) is 1.71. The van der Waals surface area contributed by atoms with Crippen LogP contribution in [0.3, 0.4) is 0 Å². The van der Waals surface area contributed by atoms with Gasteiger partial charge in [-0.25, -0.2) is 4.39 Å². The van der Waals surface area contributed by atoms with Crippen molar-refractivity contribution >= 4 is 21.9 Å². The van der Waals surface area contributed by atoms with Gasteiger partial charge in [0.2, 0.25) is 0 Å². The average molecular weight is 300 g/mol. The number of hydrogen-bond donors (Lipinski definition) is 1. The van der Waals surface area contributed by atoms with Crippen LogP contribution in [0.2, 0.25) is 0 Å². The lowest BCUT2D eigenvalue weighted by atomic mass is 10.2. The van der Waals surface area contributed by atoms with Crippen LogP contribution in [0.1, 0.15) is 5.56 Å². The minimum absolute atomic E-state index is 0.168. The SMILES string of the molecule is C#CCN(CC(=O)O)Cc1ccc(Br)cc1F. The lowest BCUT2D eigenvalue weighted by Gasteiger charge is -2.17. The van der Waals surface area contributed by atoms with Crippen molar-refractivity contribution in [2.45, 2.75) is 6.54 Å². The topological polar surface area (TPSA) is 40.5 Å². The van der Waals surface area contributed by atoms with Gasteiger partial charge in [-0.3, -0.25) is 9.69 Å². The molecule has 0 saturated heterocycles. The molecule has 90 valence electrons. The van der Waals surface area contributed by atoms with Gasteiger partial charge in [-0.2, -0.15) is 0 Å². The lowest BCUT2D eigenvalue weighted by Crippen LogP contribution is -2.30. The molecule has 1 rings (SSSR count). The summed E-state index contributed by atoms with van der Waals surface area (Å²) in [5.41, 5.74) is 0.421. The predicted octanol–water partition coefficient (Wildman–Crippen LogP) is 2.11. The quantitative estimate of drug-likeness (QED) is 0.847. The number of carboxylic acids is 1. The van der Waals surface area contributed by atoms with Crippen LogP contribution < -0.4 is 0 Å². The van der Waals surface area contributed by atoms with E-state index in [1.54, 1.807) is 12.1 Å². The molecule has 0 aromatic heterocycles. The van der Waals surface area contributed by atoms with Crippen molar-refractivity contribution in [2.75, 3.05) is 13.1 Å². The Labute approximate surface area is 107 Å². The van der Waals surface area contributed by atoms with Crippen molar-refractivity contribution < 1.29 is 14.3 Å². The Morgan fingerprint density at radius 2 is 2.29 bits per heavy atom. The van der Waals surface area contributed by atoms with Crippen LogP contribution in [0, 0.1) is 18.2 Å². The Hall–Kier alpha value is -1.38. The van der Waals surface area contributed by atoms with Crippen molar-refractivity contribution in [3.05, 3.63) is 34.1 Å². The molecule has 0 bridgehead atoms. The van der Waals surface area contributed by atoms with E-state index in [0.29, 0.717) is 10.0 Å². The summed E-state index contributed by atoms with van der Waals surface area (Å²) < 4.78 is 14.2. The lowest BCUT2D eigenvalue weighted by molar-refractivity contribution is -0.138. The van der Waals surface area contributed by atoms with Gasteiger partial charge in [0.1, 0.15) is 5.82 Å². The standard InChI is InChI=1S/C12H11BrFNO2/c1-2-5-15(8-12(16)17)7-9-3-4-10(13)6-11(9)14/h1,3-4,6H,5,7-8H2,(H,16,17). The van der Waals surface area contributed by atoms with Crippen LogP contribution in [-0.4, -0.2) is 29.1 Å². The van der Waals surface area contributed by atoms with Gasteiger partial charge in [0.15, 0.2) is 0 Å². The van der Waals surface area contributed by atoms with E-state index in [0.717, 1.165) is 0 Å². The van der Waals surface area contributed by atoms with Crippen LogP contribution in [0.15, 0.2) is 22.7 Å². The number of benzene rings is 1. The molecule has 0 heterocycles. The van der Waals surface area contributed by atoms with Crippen LogP contribution >= 0.6 is 15.9 Å². The van der Waals surface area contributed by atoms with E-state index in [4.69, 9.17) is 11.5 Å². The molecular formula is C12H11BrFNO2. The molecule has 0 spiro atoms. The first-order valence-electron chi connectivity index (χ1n) is 4.84. The third-order valence-electron chi connectivity index (χ3n) is 2.08. The molecule has 0 unspecified atom stereocenters. The van der Waals surface area contributed by atoms with Gasteiger partial charge in [0, 0.05) is 16.6 Å². The maximum absolute atomic E-state index is 13.5. The van der Waals surface area contributed by atoms with E-state index in [-0.39, 0.29) is 25.5 Å². The first kappa shape index (κ1) is 13.7. The van der Waals surface area contributed by atoms with E-state index in [2.05, 4.69) is 21.9 Å². The summed E-state index contributed by atoms with van der Waals surface area (Å²) in [6, 6.07) is 4.64. The van der Waals surface area contributed by atoms with Crippen molar-refractivity contribution in [2.24, 2.45) is 0 Å². The van der Waals surface area contributed by atoms with E-state index in [1.807, 2.05) is 0 Å². The van der Waals surface area contributed by atoms with Gasteiger partial charge in [0.25, 0.3) is 0 Å². The third-order valence-corrected chi connectivity index (χ3v) is 2.58. The molecule has 0 aliphatic carbocycles. The maximum Gasteiger partial charge on any atom is 0.317 e. The Bertz CT molecular complexity index is 456. The van der Waals surface area contributed by atoms with Gasteiger partial charge in [-0.05, 0) is 12.1 Å². The number of aliphatic carboxylic acids is 1. The van der Waals surface area contributed by atoms with E-state index in [9.17, 15) is 9.18 Å². The highest BCUT2D eigenvalue weighted by atomic mass is 79.9. The predicted molar refractivity (Wildman–Crippen MR) is 65.8 cm³/mol. The molecule has 5 heteroatoms. The zero-order valence-corrected chi connectivity index (χ0v) is 10.6. The normalized spacial score (nSPS) is 10.2. The van der Waals surface area contributed by atoms with Gasteiger partial charge in [0.05, 0.1) is 13.1 Å². The molecule has 0 radical (unpaired) electrons. The zero-order chi connectivity index (χ0) is 12.8. The van der Waals surface area contributed by atoms with E-state index < -0.39 is 5.97 Å².